The summed E-state index contributed by atoms with van der Waals surface area (Å²) in [5, 5.41) is 4.36. The first kappa shape index (κ1) is 14.3. The first-order chi connectivity index (χ1) is 9.40. The highest BCUT2D eigenvalue weighted by atomic mass is 32.2. The second-order valence-electron chi connectivity index (χ2n) is 3.92. The minimum absolute atomic E-state index is 0.0923. The SMILES string of the molecule is O=S(=O)(CC(F)=Cc1ccccc1F)c1[nH]ncc1F. The van der Waals surface area contributed by atoms with Crippen LogP contribution in [0.1, 0.15) is 5.56 Å². The van der Waals surface area contributed by atoms with E-state index in [2.05, 4.69) is 5.10 Å². The summed E-state index contributed by atoms with van der Waals surface area (Å²) in [4.78, 5) is 0. The summed E-state index contributed by atoms with van der Waals surface area (Å²) < 4.78 is 63.5. The second kappa shape index (κ2) is 5.49. The van der Waals surface area contributed by atoms with Crippen LogP contribution >= 0.6 is 0 Å². The van der Waals surface area contributed by atoms with Crippen LogP contribution in [-0.4, -0.2) is 24.4 Å². The largest absolute Gasteiger partial charge is 0.265 e. The minimum Gasteiger partial charge on any atom is -0.265 e. The van der Waals surface area contributed by atoms with Crippen molar-refractivity contribution in [2.75, 3.05) is 5.75 Å². The van der Waals surface area contributed by atoms with Crippen LogP contribution in [0.3, 0.4) is 0 Å². The summed E-state index contributed by atoms with van der Waals surface area (Å²) in [6.45, 7) is 0. The lowest BCUT2D eigenvalue weighted by molar-refractivity contribution is 0.557. The van der Waals surface area contributed by atoms with Gasteiger partial charge in [0.05, 0.1) is 6.20 Å². The molecule has 106 valence electrons. The number of benzene rings is 1. The van der Waals surface area contributed by atoms with Crippen molar-refractivity contribution in [3.8, 4) is 0 Å². The molecular weight excluding hydrogens is 293 g/mol. The number of nitrogens with one attached hydrogen (secondary N) is 1. The van der Waals surface area contributed by atoms with Crippen molar-refractivity contribution in [1.29, 1.82) is 0 Å². The Hall–Kier alpha value is -2.09. The van der Waals surface area contributed by atoms with Crippen LogP contribution in [0.15, 0.2) is 41.3 Å². The third-order valence-electron chi connectivity index (χ3n) is 2.42. The monoisotopic (exact) mass is 302 g/mol. The highest BCUT2D eigenvalue weighted by molar-refractivity contribution is 7.91. The van der Waals surface area contributed by atoms with Gasteiger partial charge in [-0.05, 0) is 12.1 Å². The van der Waals surface area contributed by atoms with Crippen LogP contribution in [0.25, 0.3) is 6.08 Å². The summed E-state index contributed by atoms with van der Waals surface area (Å²) in [7, 11) is -4.24. The lowest BCUT2D eigenvalue weighted by Crippen LogP contribution is -2.09. The van der Waals surface area contributed by atoms with E-state index in [1.807, 2.05) is 5.10 Å². The van der Waals surface area contributed by atoms with E-state index >= 15 is 0 Å². The maximum atomic E-state index is 13.6. The molecule has 2 rings (SSSR count). The molecule has 1 aromatic heterocycles. The van der Waals surface area contributed by atoms with E-state index in [4.69, 9.17) is 0 Å². The molecule has 8 heteroatoms. The molecule has 0 unspecified atom stereocenters. The third-order valence-corrected chi connectivity index (χ3v) is 3.98. The third kappa shape index (κ3) is 3.08. The van der Waals surface area contributed by atoms with Crippen LogP contribution in [0.5, 0.6) is 0 Å². The molecule has 0 aliphatic carbocycles. The van der Waals surface area contributed by atoms with Crippen molar-refractivity contribution < 1.29 is 21.6 Å². The zero-order valence-corrected chi connectivity index (χ0v) is 10.8. The van der Waals surface area contributed by atoms with Crippen LogP contribution in [-0.2, 0) is 9.84 Å². The molecule has 4 nitrogen and oxygen atoms in total. The van der Waals surface area contributed by atoms with Crippen LogP contribution in [0, 0.1) is 11.6 Å². The van der Waals surface area contributed by atoms with Gasteiger partial charge in [-0.3, -0.25) is 5.10 Å². The molecule has 0 aliphatic heterocycles. The Morgan fingerprint density at radius 1 is 1.25 bits per heavy atom. The van der Waals surface area contributed by atoms with Crippen molar-refractivity contribution in [2.24, 2.45) is 0 Å². The molecule has 0 saturated carbocycles. The average molecular weight is 302 g/mol. The van der Waals surface area contributed by atoms with Gasteiger partial charge in [0.25, 0.3) is 0 Å². The fraction of sp³-hybridized carbons (Fsp3) is 0.0833. The normalized spacial score (nSPS) is 12.7. The predicted molar refractivity (Wildman–Crippen MR) is 66.1 cm³/mol. The molecule has 20 heavy (non-hydrogen) atoms. The molecule has 0 amide bonds. The van der Waals surface area contributed by atoms with E-state index in [0.29, 0.717) is 6.20 Å². The molecular formula is C12H9F3N2O2S. The van der Waals surface area contributed by atoms with E-state index in [9.17, 15) is 21.6 Å². The second-order valence-corrected chi connectivity index (χ2v) is 5.85. The van der Waals surface area contributed by atoms with Gasteiger partial charge in [-0.25, -0.2) is 21.6 Å². The van der Waals surface area contributed by atoms with Gasteiger partial charge in [0.2, 0.25) is 9.84 Å². The van der Waals surface area contributed by atoms with E-state index in [-0.39, 0.29) is 5.56 Å². The summed E-state index contributed by atoms with van der Waals surface area (Å²) >= 11 is 0. The molecule has 0 atom stereocenters. The predicted octanol–water partition coefficient (Wildman–Crippen LogP) is 2.47. The number of nitrogens with zero attached hydrogens (tertiary/aromatic N) is 1. The Balaban J connectivity index is 2.26. The van der Waals surface area contributed by atoms with Crippen molar-refractivity contribution in [2.45, 2.75) is 5.03 Å². The van der Waals surface area contributed by atoms with E-state index in [0.717, 1.165) is 12.1 Å². The fourth-order valence-electron chi connectivity index (χ4n) is 1.53. The average Bonchev–Trinajstić information content (AvgIpc) is 2.78. The number of hydrogen-bond donors (Lipinski definition) is 1. The van der Waals surface area contributed by atoms with Gasteiger partial charge in [0, 0.05) is 5.56 Å². The zero-order chi connectivity index (χ0) is 14.8. The molecule has 0 radical (unpaired) electrons. The van der Waals surface area contributed by atoms with Gasteiger partial charge in [-0.15, -0.1) is 0 Å². The number of aromatic amines is 1. The highest BCUT2D eigenvalue weighted by Crippen LogP contribution is 2.18. The van der Waals surface area contributed by atoms with E-state index in [1.165, 1.54) is 18.2 Å². The summed E-state index contributed by atoms with van der Waals surface area (Å²) in [6.07, 6.45) is 1.42. The van der Waals surface area contributed by atoms with Gasteiger partial charge in [0.15, 0.2) is 10.8 Å². The number of halogens is 3. The van der Waals surface area contributed by atoms with Crippen molar-refractivity contribution >= 4 is 15.9 Å². The Kier molecular flexibility index (Phi) is 3.93. The summed E-state index contributed by atoms with van der Waals surface area (Å²) in [5.41, 5.74) is -0.0923. The van der Waals surface area contributed by atoms with E-state index in [1.54, 1.807) is 0 Å². The van der Waals surface area contributed by atoms with Crippen LogP contribution < -0.4 is 0 Å². The molecule has 0 spiro atoms. The molecule has 1 N–H and O–H groups in total. The lowest BCUT2D eigenvalue weighted by atomic mass is 10.2. The van der Waals surface area contributed by atoms with Gasteiger partial charge in [0.1, 0.15) is 17.4 Å². The number of aromatic nitrogens is 2. The van der Waals surface area contributed by atoms with Crippen molar-refractivity contribution in [1.82, 2.24) is 10.2 Å². The quantitative estimate of drug-likeness (QED) is 0.943. The van der Waals surface area contributed by atoms with Crippen molar-refractivity contribution in [3.05, 3.63) is 53.5 Å². The van der Waals surface area contributed by atoms with Gasteiger partial charge in [-0.1, -0.05) is 18.2 Å². The molecule has 0 bridgehead atoms. The fourth-order valence-corrected chi connectivity index (χ4v) is 2.67. The van der Waals surface area contributed by atoms with Crippen LogP contribution in [0.4, 0.5) is 13.2 Å². The number of hydrogen-bond acceptors (Lipinski definition) is 3. The molecule has 1 heterocycles. The summed E-state index contributed by atoms with van der Waals surface area (Å²) in [5.74, 6) is -3.97. The number of rotatable bonds is 4. The van der Waals surface area contributed by atoms with E-state index < -0.39 is 38.1 Å². The number of H-pyrrole nitrogens is 1. The Bertz CT molecular complexity index is 754. The lowest BCUT2D eigenvalue weighted by Gasteiger charge is -2.01. The standard InChI is InChI=1S/C12H9F3N2O2S/c13-9(5-8-3-1-2-4-10(8)14)7-20(18,19)12-11(15)6-16-17-12/h1-6H,7H2,(H,16,17). The maximum Gasteiger partial charge on any atom is 0.204 e. The molecule has 0 aliphatic rings. The highest BCUT2D eigenvalue weighted by Gasteiger charge is 2.23. The van der Waals surface area contributed by atoms with Crippen LogP contribution in [0.2, 0.25) is 0 Å². The van der Waals surface area contributed by atoms with Gasteiger partial charge >= 0.3 is 0 Å². The summed E-state index contributed by atoms with van der Waals surface area (Å²) in [6, 6.07) is 5.30. The molecule has 0 saturated heterocycles. The Morgan fingerprint density at radius 2 is 1.95 bits per heavy atom. The molecule has 0 fully saturated rings. The Labute approximate surface area is 112 Å². The topological polar surface area (TPSA) is 62.8 Å². The zero-order valence-electron chi connectivity index (χ0n) is 9.98. The van der Waals surface area contributed by atoms with Gasteiger partial charge in [-0.2, -0.15) is 5.10 Å². The first-order valence-corrected chi connectivity index (χ1v) is 7.07. The maximum absolute atomic E-state index is 13.6. The molecule has 2 aromatic rings. The number of sulfone groups is 1. The van der Waals surface area contributed by atoms with Crippen molar-refractivity contribution in [3.63, 3.8) is 0 Å². The van der Waals surface area contributed by atoms with Gasteiger partial charge < -0.3 is 0 Å². The first-order valence-electron chi connectivity index (χ1n) is 5.42. The Morgan fingerprint density at radius 3 is 2.55 bits per heavy atom. The minimum atomic E-state index is -4.24. The molecule has 1 aromatic carbocycles. The smallest absolute Gasteiger partial charge is 0.204 e.